The molecule has 2 heterocycles. The van der Waals surface area contributed by atoms with Crippen LogP contribution in [0.1, 0.15) is 35.7 Å². The van der Waals surface area contributed by atoms with E-state index in [0.717, 1.165) is 43.6 Å². The molecule has 170 valence electrons. The van der Waals surface area contributed by atoms with E-state index in [1.165, 1.54) is 5.56 Å². The number of allylic oxidation sites excluding steroid dienone is 1. The Kier molecular flexibility index (Phi) is 7.53. The van der Waals surface area contributed by atoms with E-state index in [0.29, 0.717) is 12.3 Å². The average Bonchev–Trinajstić information content (AvgIpc) is 3.43. The van der Waals surface area contributed by atoms with Crippen LogP contribution in [0.2, 0.25) is 5.02 Å². The highest BCUT2D eigenvalue weighted by molar-refractivity contribution is 7.98. The van der Waals surface area contributed by atoms with Crippen molar-refractivity contribution in [2.45, 2.75) is 44.3 Å². The fourth-order valence-corrected chi connectivity index (χ4v) is 5.19. The lowest BCUT2D eigenvalue weighted by atomic mass is 10.2. The van der Waals surface area contributed by atoms with Crippen LogP contribution < -0.4 is 4.74 Å². The van der Waals surface area contributed by atoms with E-state index in [1.807, 2.05) is 42.7 Å². The number of aromatic nitrogens is 4. The number of thiazole rings is 1. The minimum absolute atomic E-state index is 0.278. The third-order valence-electron chi connectivity index (χ3n) is 5.06. The summed E-state index contributed by atoms with van der Waals surface area (Å²) in [6.45, 7) is 10.5. The van der Waals surface area contributed by atoms with Crippen molar-refractivity contribution in [3.63, 3.8) is 0 Å². The van der Waals surface area contributed by atoms with Gasteiger partial charge in [0.05, 0.1) is 5.69 Å². The van der Waals surface area contributed by atoms with E-state index in [1.54, 1.807) is 23.1 Å². The van der Waals surface area contributed by atoms with Crippen LogP contribution in [0, 0.1) is 13.8 Å². The molecule has 0 saturated heterocycles. The van der Waals surface area contributed by atoms with Crippen molar-refractivity contribution in [2.24, 2.45) is 0 Å². The maximum atomic E-state index is 6.13. The largest absolute Gasteiger partial charge is 0.483 e. The number of hydrogen-bond acceptors (Lipinski definition) is 6. The van der Waals surface area contributed by atoms with Crippen LogP contribution in [-0.4, -0.2) is 19.7 Å². The highest BCUT2D eigenvalue weighted by Crippen LogP contribution is 2.30. The summed E-state index contributed by atoms with van der Waals surface area (Å²) in [6, 6.07) is 14.1. The number of rotatable bonds is 9. The summed E-state index contributed by atoms with van der Waals surface area (Å²) < 4.78 is 8.16. The zero-order chi connectivity index (χ0) is 23.4. The first-order valence-corrected chi connectivity index (χ1v) is 12.8. The summed E-state index contributed by atoms with van der Waals surface area (Å²) in [6.07, 6.45) is 1.56. The lowest BCUT2D eigenvalue weighted by molar-refractivity contribution is 0.210. The number of hydrogen-bond donors (Lipinski definition) is 0. The zero-order valence-corrected chi connectivity index (χ0v) is 21.2. The molecule has 4 aromatic rings. The zero-order valence-electron chi connectivity index (χ0n) is 18.8. The molecule has 0 aliphatic rings. The van der Waals surface area contributed by atoms with Gasteiger partial charge in [-0.25, -0.2) is 4.98 Å². The van der Waals surface area contributed by atoms with Gasteiger partial charge in [0.25, 0.3) is 0 Å². The Morgan fingerprint density at radius 3 is 2.70 bits per heavy atom. The van der Waals surface area contributed by atoms with Crippen LogP contribution in [0.4, 0.5) is 0 Å². The fraction of sp³-hybridized carbons (Fsp3) is 0.240. The summed E-state index contributed by atoms with van der Waals surface area (Å²) in [5.41, 5.74) is 4.38. The number of nitrogens with zero attached hydrogens (tertiary/aromatic N) is 4. The fourth-order valence-electron chi connectivity index (χ4n) is 3.30. The molecule has 1 unspecified atom stereocenters. The Hall–Kier alpha value is -2.61. The first-order chi connectivity index (χ1) is 15.9. The SMILES string of the molecule is C=CCn1c(SCc2csc(-c3ccc(C)cc3)n2)nnc1C(C)Oc1ccc(Cl)c(C)c1. The molecule has 2 aromatic carbocycles. The molecule has 0 radical (unpaired) electrons. The predicted molar refractivity (Wildman–Crippen MR) is 137 cm³/mol. The summed E-state index contributed by atoms with van der Waals surface area (Å²) in [5, 5.41) is 13.5. The Morgan fingerprint density at radius 2 is 1.97 bits per heavy atom. The maximum absolute atomic E-state index is 6.13. The number of benzene rings is 2. The molecule has 5 nitrogen and oxygen atoms in total. The first-order valence-electron chi connectivity index (χ1n) is 10.6. The molecule has 2 aromatic heterocycles. The van der Waals surface area contributed by atoms with Gasteiger partial charge in [0.2, 0.25) is 0 Å². The molecule has 8 heteroatoms. The minimum atomic E-state index is -0.278. The summed E-state index contributed by atoms with van der Waals surface area (Å²) in [5.74, 6) is 2.21. The number of halogens is 1. The predicted octanol–water partition coefficient (Wildman–Crippen LogP) is 7.29. The van der Waals surface area contributed by atoms with Gasteiger partial charge in [0.15, 0.2) is 17.1 Å². The third-order valence-corrected chi connectivity index (χ3v) is 7.43. The summed E-state index contributed by atoms with van der Waals surface area (Å²) >= 11 is 9.40. The smallest absolute Gasteiger partial charge is 0.192 e. The van der Waals surface area contributed by atoms with E-state index < -0.39 is 0 Å². The number of thioether (sulfide) groups is 1. The molecule has 4 rings (SSSR count). The van der Waals surface area contributed by atoms with Gasteiger partial charge >= 0.3 is 0 Å². The molecule has 33 heavy (non-hydrogen) atoms. The molecule has 0 N–H and O–H groups in total. The number of ether oxygens (including phenoxy) is 1. The second-order valence-electron chi connectivity index (χ2n) is 7.71. The third kappa shape index (κ3) is 5.66. The van der Waals surface area contributed by atoms with Gasteiger partial charge in [-0.1, -0.05) is 59.3 Å². The topological polar surface area (TPSA) is 52.8 Å². The Labute approximate surface area is 207 Å². The molecule has 0 saturated carbocycles. The van der Waals surface area contributed by atoms with Crippen molar-refractivity contribution in [1.29, 1.82) is 0 Å². The van der Waals surface area contributed by atoms with Gasteiger partial charge < -0.3 is 4.74 Å². The van der Waals surface area contributed by atoms with Crippen molar-refractivity contribution >= 4 is 34.7 Å². The van der Waals surface area contributed by atoms with E-state index >= 15 is 0 Å². The highest BCUT2D eigenvalue weighted by Gasteiger charge is 2.20. The normalized spacial score (nSPS) is 12.0. The Balaban J connectivity index is 1.47. The van der Waals surface area contributed by atoms with Gasteiger partial charge in [0.1, 0.15) is 10.8 Å². The van der Waals surface area contributed by atoms with Crippen LogP contribution in [0.15, 0.2) is 65.7 Å². The van der Waals surface area contributed by atoms with Gasteiger partial charge in [-0.3, -0.25) is 4.57 Å². The Morgan fingerprint density at radius 1 is 1.18 bits per heavy atom. The molecule has 0 amide bonds. The molecule has 1 atom stereocenters. The average molecular weight is 497 g/mol. The summed E-state index contributed by atoms with van der Waals surface area (Å²) in [4.78, 5) is 4.80. The van der Waals surface area contributed by atoms with Crippen LogP contribution in [0.5, 0.6) is 5.75 Å². The van der Waals surface area contributed by atoms with Crippen molar-refractivity contribution in [3.05, 3.63) is 88.2 Å². The standard InChI is InChI=1S/C25H25ClN4OS2/c1-5-12-30-23(18(4)31-21-10-11-22(26)17(3)13-21)28-29-25(30)33-15-20-14-32-24(27-20)19-8-6-16(2)7-9-19/h5-11,13-14,18H,1,12,15H2,2-4H3. The highest BCUT2D eigenvalue weighted by atomic mass is 35.5. The van der Waals surface area contributed by atoms with Crippen molar-refractivity contribution in [3.8, 4) is 16.3 Å². The van der Waals surface area contributed by atoms with E-state index in [-0.39, 0.29) is 6.10 Å². The lowest BCUT2D eigenvalue weighted by Crippen LogP contribution is -2.12. The number of aryl methyl sites for hydroxylation is 2. The van der Waals surface area contributed by atoms with Crippen LogP contribution in [0.25, 0.3) is 10.6 Å². The van der Waals surface area contributed by atoms with E-state index in [9.17, 15) is 0 Å². The van der Waals surface area contributed by atoms with Crippen LogP contribution >= 0.6 is 34.7 Å². The van der Waals surface area contributed by atoms with Gasteiger partial charge in [0, 0.05) is 28.3 Å². The molecule has 0 aliphatic heterocycles. The van der Waals surface area contributed by atoms with Gasteiger partial charge in [-0.05, 0) is 44.5 Å². The molecular weight excluding hydrogens is 472 g/mol. The molecule has 0 bridgehead atoms. The molecular formula is C25H25ClN4OS2. The molecule has 0 spiro atoms. The summed E-state index contributed by atoms with van der Waals surface area (Å²) in [7, 11) is 0. The lowest BCUT2D eigenvalue weighted by Gasteiger charge is -2.16. The molecule has 0 aliphatic carbocycles. The molecule has 0 fully saturated rings. The Bertz CT molecular complexity index is 1250. The van der Waals surface area contributed by atoms with Crippen LogP contribution in [0.3, 0.4) is 0 Å². The van der Waals surface area contributed by atoms with Crippen molar-refractivity contribution in [1.82, 2.24) is 19.7 Å². The van der Waals surface area contributed by atoms with Crippen LogP contribution in [-0.2, 0) is 12.3 Å². The van der Waals surface area contributed by atoms with E-state index in [4.69, 9.17) is 21.3 Å². The van der Waals surface area contributed by atoms with Gasteiger partial charge in [-0.15, -0.1) is 28.1 Å². The van der Waals surface area contributed by atoms with Crippen molar-refractivity contribution < 1.29 is 4.74 Å². The monoisotopic (exact) mass is 496 g/mol. The first kappa shape index (κ1) is 23.5. The second kappa shape index (κ2) is 10.5. The maximum Gasteiger partial charge on any atom is 0.192 e. The quantitative estimate of drug-likeness (QED) is 0.180. The minimum Gasteiger partial charge on any atom is -0.483 e. The van der Waals surface area contributed by atoms with Gasteiger partial charge in [-0.2, -0.15) is 0 Å². The van der Waals surface area contributed by atoms with Crippen molar-refractivity contribution in [2.75, 3.05) is 0 Å². The second-order valence-corrected chi connectivity index (χ2v) is 9.92. The van der Waals surface area contributed by atoms with E-state index in [2.05, 4.69) is 53.3 Å².